The third-order valence-electron chi connectivity index (χ3n) is 4.71. The topological polar surface area (TPSA) is 77.4 Å². The summed E-state index contributed by atoms with van der Waals surface area (Å²) in [5, 5.41) is 6.60. The van der Waals surface area contributed by atoms with Gasteiger partial charge in [-0.1, -0.05) is 23.7 Å². The number of imidazole rings is 1. The highest BCUT2D eigenvalue weighted by Crippen LogP contribution is 2.29. The average Bonchev–Trinajstić information content (AvgIpc) is 3.18. The number of carbonyl (C=O) groups excluding carboxylic acids is 1. The van der Waals surface area contributed by atoms with Gasteiger partial charge in [0.15, 0.2) is 0 Å². The average molecular weight is 429 g/mol. The zero-order valence-electron chi connectivity index (χ0n) is 17.2. The van der Waals surface area contributed by atoms with Crippen LogP contribution in [0.3, 0.4) is 0 Å². The van der Waals surface area contributed by atoms with Crippen LogP contribution in [0.25, 0.3) is 0 Å². The van der Waals surface area contributed by atoms with Crippen molar-refractivity contribution in [1.29, 1.82) is 0 Å². The number of carbonyl (C=O) groups is 1. The molecule has 0 saturated heterocycles. The summed E-state index contributed by atoms with van der Waals surface area (Å²) >= 11 is 5.91. The van der Waals surface area contributed by atoms with E-state index in [-0.39, 0.29) is 6.03 Å². The number of aromatic nitrogens is 2. The number of hydrogen-bond donors (Lipinski definition) is 2. The number of ether oxygens (including phenoxy) is 2. The van der Waals surface area contributed by atoms with E-state index >= 15 is 0 Å². The lowest BCUT2D eigenvalue weighted by Gasteiger charge is -2.21. The van der Waals surface area contributed by atoms with Crippen molar-refractivity contribution in [3.63, 3.8) is 0 Å². The lowest BCUT2D eigenvalue weighted by molar-refractivity contribution is 0.238. The van der Waals surface area contributed by atoms with Crippen LogP contribution >= 0.6 is 11.6 Å². The van der Waals surface area contributed by atoms with Crippen LogP contribution in [0.15, 0.2) is 54.9 Å². The van der Waals surface area contributed by atoms with Gasteiger partial charge in [-0.3, -0.25) is 0 Å². The normalized spacial score (nSPS) is 11.6. The number of hydrogen-bond acceptors (Lipinski definition) is 4. The molecule has 158 valence electrons. The first kappa shape index (κ1) is 21.5. The van der Waals surface area contributed by atoms with Crippen molar-refractivity contribution in [2.75, 3.05) is 20.8 Å². The van der Waals surface area contributed by atoms with Crippen molar-refractivity contribution in [1.82, 2.24) is 20.2 Å². The minimum absolute atomic E-state index is 0.293. The predicted molar refractivity (Wildman–Crippen MR) is 116 cm³/mol. The molecule has 3 rings (SSSR count). The van der Waals surface area contributed by atoms with E-state index in [0.29, 0.717) is 35.3 Å². The van der Waals surface area contributed by atoms with Crippen LogP contribution < -0.4 is 20.1 Å². The molecule has 0 aliphatic rings. The number of benzene rings is 2. The molecule has 0 unspecified atom stereocenters. The van der Waals surface area contributed by atoms with Crippen LogP contribution in [0, 0.1) is 0 Å². The molecule has 2 aromatic carbocycles. The number of nitrogens with zero attached hydrogens (tertiary/aromatic N) is 2. The van der Waals surface area contributed by atoms with Gasteiger partial charge in [0.25, 0.3) is 0 Å². The van der Waals surface area contributed by atoms with E-state index in [1.807, 2.05) is 54.2 Å². The largest absolute Gasteiger partial charge is 0.497 e. The summed E-state index contributed by atoms with van der Waals surface area (Å²) in [6.07, 6.45) is 4.23. The van der Waals surface area contributed by atoms with Gasteiger partial charge in [0.05, 0.1) is 14.2 Å². The Balaban J connectivity index is 1.74. The van der Waals surface area contributed by atoms with E-state index in [2.05, 4.69) is 15.6 Å². The molecule has 0 bridgehead atoms. The molecular weight excluding hydrogens is 404 g/mol. The fourth-order valence-electron chi connectivity index (χ4n) is 3.10. The van der Waals surface area contributed by atoms with E-state index in [1.54, 1.807) is 26.5 Å². The minimum atomic E-state index is -0.482. The van der Waals surface area contributed by atoms with Crippen LogP contribution in [-0.4, -0.2) is 36.3 Å². The van der Waals surface area contributed by atoms with Gasteiger partial charge in [-0.25, -0.2) is 9.78 Å². The SMILES string of the molecule is COc1cc(OC)cc([C@@H](NC(=O)NCCc2ccc(Cl)cc2)c2nccn2C)c1. The Bertz CT molecular complexity index is 966. The second-order valence-corrected chi connectivity index (χ2v) is 7.19. The number of halogens is 1. The Morgan fingerprint density at radius 1 is 1.13 bits per heavy atom. The van der Waals surface area contributed by atoms with E-state index in [1.165, 1.54) is 0 Å². The molecule has 0 spiro atoms. The second-order valence-electron chi connectivity index (χ2n) is 6.75. The number of aryl methyl sites for hydroxylation is 1. The molecule has 1 heterocycles. The maximum absolute atomic E-state index is 12.6. The van der Waals surface area contributed by atoms with Crippen molar-refractivity contribution < 1.29 is 14.3 Å². The van der Waals surface area contributed by atoms with Gasteiger partial charge in [0.1, 0.15) is 23.4 Å². The summed E-state index contributed by atoms with van der Waals surface area (Å²) < 4.78 is 12.6. The smallest absolute Gasteiger partial charge is 0.315 e. The highest BCUT2D eigenvalue weighted by molar-refractivity contribution is 6.30. The first-order chi connectivity index (χ1) is 14.5. The lowest BCUT2D eigenvalue weighted by atomic mass is 10.1. The summed E-state index contributed by atoms with van der Waals surface area (Å²) in [4.78, 5) is 17.1. The molecule has 1 aromatic heterocycles. The monoisotopic (exact) mass is 428 g/mol. The van der Waals surface area contributed by atoms with E-state index < -0.39 is 6.04 Å². The Kier molecular flexibility index (Phi) is 7.19. The zero-order valence-corrected chi connectivity index (χ0v) is 17.9. The van der Waals surface area contributed by atoms with Crippen molar-refractivity contribution >= 4 is 17.6 Å². The molecule has 0 aliphatic carbocycles. The summed E-state index contributed by atoms with van der Waals surface area (Å²) in [7, 11) is 5.06. The molecule has 2 amide bonds. The van der Waals surface area contributed by atoms with Crippen LogP contribution in [0.5, 0.6) is 11.5 Å². The lowest BCUT2D eigenvalue weighted by Crippen LogP contribution is -2.40. The minimum Gasteiger partial charge on any atom is -0.497 e. The van der Waals surface area contributed by atoms with Gasteiger partial charge in [-0.2, -0.15) is 0 Å². The molecule has 2 N–H and O–H groups in total. The molecule has 1 atom stereocenters. The fourth-order valence-corrected chi connectivity index (χ4v) is 3.23. The van der Waals surface area contributed by atoms with Crippen molar-refractivity contribution in [3.8, 4) is 11.5 Å². The molecular formula is C22H25ClN4O3. The van der Waals surface area contributed by atoms with Crippen molar-refractivity contribution in [2.45, 2.75) is 12.5 Å². The third kappa shape index (κ3) is 5.45. The number of rotatable bonds is 8. The van der Waals surface area contributed by atoms with Gasteiger partial charge in [0, 0.05) is 37.1 Å². The third-order valence-corrected chi connectivity index (χ3v) is 4.96. The molecule has 7 nitrogen and oxygen atoms in total. The van der Waals surface area contributed by atoms with E-state index in [4.69, 9.17) is 21.1 Å². The molecule has 0 aliphatic heterocycles. The molecule has 30 heavy (non-hydrogen) atoms. The van der Waals surface area contributed by atoms with Crippen molar-refractivity contribution in [2.24, 2.45) is 7.05 Å². The van der Waals surface area contributed by atoms with Gasteiger partial charge in [-0.05, 0) is 41.8 Å². The van der Waals surface area contributed by atoms with Crippen LogP contribution in [-0.2, 0) is 13.5 Å². The molecule has 8 heteroatoms. The number of urea groups is 1. The molecule has 0 fully saturated rings. The maximum atomic E-state index is 12.6. The summed E-state index contributed by atoms with van der Waals surface area (Å²) in [6.45, 7) is 0.488. The maximum Gasteiger partial charge on any atom is 0.315 e. The number of methoxy groups -OCH3 is 2. The number of nitrogens with one attached hydrogen (secondary N) is 2. The second kappa shape index (κ2) is 10.0. The van der Waals surface area contributed by atoms with E-state index in [0.717, 1.165) is 11.1 Å². The van der Waals surface area contributed by atoms with Crippen molar-refractivity contribution in [3.05, 3.63) is 76.8 Å². The van der Waals surface area contributed by atoms with Gasteiger partial charge >= 0.3 is 6.03 Å². The standard InChI is InChI=1S/C22H25ClN4O3/c1-27-11-10-24-21(27)20(16-12-18(29-2)14-19(13-16)30-3)26-22(28)25-9-8-15-4-6-17(23)7-5-15/h4-7,10-14,20H,8-9H2,1-3H3,(H2,25,26,28)/t20-/m1/s1. The molecule has 0 saturated carbocycles. The summed E-state index contributed by atoms with van der Waals surface area (Å²) in [5.74, 6) is 1.96. The van der Waals surface area contributed by atoms with Gasteiger partial charge in [-0.15, -0.1) is 0 Å². The van der Waals surface area contributed by atoms with Crippen LogP contribution in [0.4, 0.5) is 4.79 Å². The molecule has 0 radical (unpaired) electrons. The zero-order chi connectivity index (χ0) is 21.5. The highest BCUT2D eigenvalue weighted by Gasteiger charge is 2.22. The Labute approximate surface area is 181 Å². The number of amides is 2. The Morgan fingerprint density at radius 2 is 1.80 bits per heavy atom. The molecule has 3 aromatic rings. The first-order valence-electron chi connectivity index (χ1n) is 9.49. The van der Waals surface area contributed by atoms with E-state index in [9.17, 15) is 4.79 Å². The Hall–Kier alpha value is -3.19. The Morgan fingerprint density at radius 3 is 2.37 bits per heavy atom. The van der Waals surface area contributed by atoms with Gasteiger partial charge in [0.2, 0.25) is 0 Å². The quantitative estimate of drug-likeness (QED) is 0.573. The van der Waals surface area contributed by atoms with Gasteiger partial charge < -0.3 is 24.7 Å². The summed E-state index contributed by atoms with van der Waals surface area (Å²) in [6, 6.07) is 12.3. The highest BCUT2D eigenvalue weighted by atomic mass is 35.5. The van der Waals surface area contributed by atoms with Crippen LogP contribution in [0.2, 0.25) is 5.02 Å². The predicted octanol–water partition coefficient (Wildman–Crippen LogP) is 3.72. The first-order valence-corrected chi connectivity index (χ1v) is 9.87. The fraction of sp³-hybridized carbons (Fsp3) is 0.273. The summed E-state index contributed by atoms with van der Waals surface area (Å²) in [5.41, 5.74) is 1.89. The van der Waals surface area contributed by atoms with Crippen LogP contribution in [0.1, 0.15) is 23.0 Å².